The zero-order chi connectivity index (χ0) is 20.5. The van der Waals surface area contributed by atoms with Crippen molar-refractivity contribution in [3.8, 4) is 0 Å². The first-order valence-electron chi connectivity index (χ1n) is 9.00. The molecule has 8 nitrogen and oxygen atoms in total. The summed E-state index contributed by atoms with van der Waals surface area (Å²) in [6, 6.07) is 8.66. The Morgan fingerprint density at radius 2 is 1.86 bits per heavy atom. The largest absolute Gasteiger partial charge is 0.437 e. The molecule has 0 saturated carbocycles. The molecule has 0 saturated heterocycles. The number of hydrogen-bond donors (Lipinski definition) is 0. The molecule has 0 radical (unpaired) electrons. The van der Waals surface area contributed by atoms with Crippen LogP contribution in [0.15, 0.2) is 56.9 Å². The van der Waals surface area contributed by atoms with Crippen LogP contribution in [0.3, 0.4) is 0 Å². The third-order valence-corrected chi connectivity index (χ3v) is 4.66. The van der Waals surface area contributed by atoms with E-state index in [1.165, 1.54) is 10.9 Å². The van der Waals surface area contributed by atoms with Gasteiger partial charge in [0.05, 0.1) is 11.9 Å². The van der Waals surface area contributed by atoms with E-state index in [1.54, 1.807) is 43.5 Å². The van der Waals surface area contributed by atoms with Crippen LogP contribution in [0, 0.1) is 13.8 Å². The molecule has 0 spiro atoms. The molecule has 4 rings (SSSR count). The minimum absolute atomic E-state index is 0.00380. The van der Waals surface area contributed by atoms with Crippen molar-refractivity contribution in [2.24, 2.45) is 0 Å². The summed E-state index contributed by atoms with van der Waals surface area (Å²) in [6.45, 7) is 3.32. The summed E-state index contributed by atoms with van der Waals surface area (Å²) in [6.07, 6.45) is 1.49. The van der Waals surface area contributed by atoms with Crippen LogP contribution in [0.1, 0.15) is 28.8 Å². The van der Waals surface area contributed by atoms with Gasteiger partial charge in [-0.25, -0.2) is 19.2 Å². The Morgan fingerprint density at radius 1 is 1.10 bits per heavy atom. The van der Waals surface area contributed by atoms with Gasteiger partial charge in [-0.15, -0.1) is 5.10 Å². The molecule has 0 amide bonds. The second kappa shape index (κ2) is 7.42. The first kappa shape index (κ1) is 18.7. The number of fused-ring (bicyclic) bond motifs is 1. The molecule has 9 heteroatoms. The van der Waals surface area contributed by atoms with Gasteiger partial charge in [-0.2, -0.15) is 4.68 Å². The van der Waals surface area contributed by atoms with E-state index in [0.717, 1.165) is 15.8 Å². The molecule has 0 fully saturated rings. The van der Waals surface area contributed by atoms with Gasteiger partial charge in [0.1, 0.15) is 19.0 Å². The summed E-state index contributed by atoms with van der Waals surface area (Å²) in [7, 11) is 0. The lowest BCUT2D eigenvalue weighted by Crippen LogP contribution is -2.22. The van der Waals surface area contributed by atoms with Crippen molar-refractivity contribution in [3.05, 3.63) is 86.3 Å². The van der Waals surface area contributed by atoms with Gasteiger partial charge in [0.25, 0.3) is 5.56 Å². The van der Waals surface area contributed by atoms with Gasteiger partial charge in [0, 0.05) is 6.20 Å². The number of hydrogen-bond acceptors (Lipinski definition) is 6. The van der Waals surface area contributed by atoms with E-state index in [-0.39, 0.29) is 24.5 Å². The van der Waals surface area contributed by atoms with Crippen molar-refractivity contribution in [2.75, 3.05) is 0 Å². The van der Waals surface area contributed by atoms with E-state index < -0.39 is 11.9 Å². The molecule has 4 aromatic rings. The average molecular weight is 395 g/mol. The van der Waals surface area contributed by atoms with Gasteiger partial charge in [-0.05, 0) is 31.0 Å². The lowest BCUT2D eigenvalue weighted by molar-refractivity contribution is 0.283. The fourth-order valence-electron chi connectivity index (χ4n) is 3.05. The Bertz CT molecular complexity index is 1290. The van der Waals surface area contributed by atoms with Crippen LogP contribution >= 0.6 is 0 Å². The average Bonchev–Trinajstić information content (AvgIpc) is 3.03. The Kier molecular flexibility index (Phi) is 4.79. The molecule has 3 heterocycles. The molecule has 1 atom stereocenters. The van der Waals surface area contributed by atoms with E-state index in [1.807, 2.05) is 6.92 Å². The third kappa shape index (κ3) is 3.71. The van der Waals surface area contributed by atoms with Crippen molar-refractivity contribution in [1.82, 2.24) is 24.3 Å². The smallest absolute Gasteiger partial charge is 0.390 e. The van der Waals surface area contributed by atoms with Crippen LogP contribution in [0.25, 0.3) is 11.0 Å². The summed E-state index contributed by atoms with van der Waals surface area (Å²) in [5, 5.41) is 4.41. The number of aromatic nitrogens is 5. The van der Waals surface area contributed by atoms with Crippen molar-refractivity contribution in [1.29, 1.82) is 0 Å². The van der Waals surface area contributed by atoms with E-state index in [0.29, 0.717) is 16.6 Å². The summed E-state index contributed by atoms with van der Waals surface area (Å²) in [5.41, 5.74) is 2.23. The Balaban J connectivity index is 1.59. The quantitative estimate of drug-likeness (QED) is 0.515. The maximum atomic E-state index is 14.5. The maximum absolute atomic E-state index is 14.5. The molecule has 0 unspecified atom stereocenters. The zero-order valence-corrected chi connectivity index (χ0v) is 15.9. The van der Waals surface area contributed by atoms with Crippen molar-refractivity contribution in [2.45, 2.75) is 33.1 Å². The zero-order valence-electron chi connectivity index (χ0n) is 15.9. The first-order valence-corrected chi connectivity index (χ1v) is 9.00. The van der Waals surface area contributed by atoms with Crippen LogP contribution in [0.5, 0.6) is 0 Å². The van der Waals surface area contributed by atoms with Gasteiger partial charge in [-0.1, -0.05) is 29.8 Å². The highest BCUT2D eigenvalue weighted by molar-refractivity contribution is 5.76. The molecular weight excluding hydrogens is 377 g/mol. The standard InChI is InChI=1S/C20H18FN5O3/c1-12-3-5-14(6-4-12)15(21)9-26-20(28)29-16(24-26)10-25-11-23-18-17(19(25)27)13(2)7-8-22-18/h3-8,11,15H,9-10H2,1-2H3/t15-/m0/s1. The summed E-state index contributed by atoms with van der Waals surface area (Å²) < 4.78 is 21.8. The van der Waals surface area contributed by atoms with E-state index in [2.05, 4.69) is 15.1 Å². The summed E-state index contributed by atoms with van der Waals surface area (Å²) >= 11 is 0. The predicted molar refractivity (Wildman–Crippen MR) is 103 cm³/mol. The van der Waals surface area contributed by atoms with Crippen LogP contribution in [-0.4, -0.2) is 24.3 Å². The van der Waals surface area contributed by atoms with Crippen LogP contribution in [-0.2, 0) is 13.1 Å². The lowest BCUT2D eigenvalue weighted by atomic mass is 10.1. The molecule has 0 aliphatic rings. The molecule has 0 aliphatic heterocycles. The number of halogens is 1. The van der Waals surface area contributed by atoms with Gasteiger partial charge < -0.3 is 4.42 Å². The highest BCUT2D eigenvalue weighted by Gasteiger charge is 2.17. The Labute approximate surface area is 164 Å². The Morgan fingerprint density at radius 3 is 2.62 bits per heavy atom. The fraction of sp³-hybridized carbons (Fsp3) is 0.250. The van der Waals surface area contributed by atoms with E-state index >= 15 is 0 Å². The highest BCUT2D eigenvalue weighted by Crippen LogP contribution is 2.19. The molecule has 0 N–H and O–H groups in total. The van der Waals surface area contributed by atoms with Crippen LogP contribution in [0.4, 0.5) is 4.39 Å². The monoisotopic (exact) mass is 395 g/mol. The maximum Gasteiger partial charge on any atom is 0.437 e. The normalized spacial score (nSPS) is 12.4. The van der Waals surface area contributed by atoms with Gasteiger partial charge in [0.2, 0.25) is 5.89 Å². The lowest BCUT2D eigenvalue weighted by Gasteiger charge is -2.07. The van der Waals surface area contributed by atoms with E-state index in [4.69, 9.17) is 4.42 Å². The van der Waals surface area contributed by atoms with Gasteiger partial charge >= 0.3 is 5.76 Å². The molecule has 3 aromatic heterocycles. The fourth-order valence-corrected chi connectivity index (χ4v) is 3.05. The Hall–Kier alpha value is -3.62. The number of benzene rings is 1. The third-order valence-electron chi connectivity index (χ3n) is 4.66. The SMILES string of the molecule is Cc1ccc([C@@H](F)Cn2nc(Cn3cnc4nccc(C)c4c3=O)oc2=O)cc1. The van der Waals surface area contributed by atoms with Crippen LogP contribution in [0.2, 0.25) is 0 Å². The second-order valence-electron chi connectivity index (χ2n) is 6.83. The topological polar surface area (TPSA) is 95.8 Å². The first-order chi connectivity index (χ1) is 13.9. The van der Waals surface area contributed by atoms with Gasteiger partial charge in [-0.3, -0.25) is 9.36 Å². The van der Waals surface area contributed by atoms with Crippen LogP contribution < -0.4 is 11.3 Å². The number of rotatable bonds is 5. The van der Waals surface area contributed by atoms with E-state index in [9.17, 15) is 14.0 Å². The predicted octanol–water partition coefficient (Wildman–Crippen LogP) is 2.32. The minimum atomic E-state index is -1.41. The number of pyridine rings is 1. The van der Waals surface area contributed by atoms with Crippen molar-refractivity contribution >= 4 is 11.0 Å². The number of aryl methyl sites for hydroxylation is 2. The van der Waals surface area contributed by atoms with Gasteiger partial charge in [0.15, 0.2) is 5.65 Å². The molecule has 0 aliphatic carbocycles. The number of alkyl halides is 1. The van der Waals surface area contributed by atoms with Crippen molar-refractivity contribution < 1.29 is 8.81 Å². The molecule has 148 valence electrons. The summed E-state index contributed by atoms with van der Waals surface area (Å²) in [5.74, 6) is -0.787. The molecule has 1 aromatic carbocycles. The molecular formula is C20H18FN5O3. The number of nitrogens with zero attached hydrogens (tertiary/aromatic N) is 5. The summed E-state index contributed by atoms with van der Waals surface area (Å²) in [4.78, 5) is 33.0. The molecule has 29 heavy (non-hydrogen) atoms. The second-order valence-corrected chi connectivity index (χ2v) is 6.83. The van der Waals surface area contributed by atoms with Crippen molar-refractivity contribution in [3.63, 3.8) is 0 Å². The molecule has 0 bridgehead atoms. The highest BCUT2D eigenvalue weighted by atomic mass is 19.1. The minimum Gasteiger partial charge on any atom is -0.390 e.